The maximum absolute atomic E-state index is 11.8. The summed E-state index contributed by atoms with van der Waals surface area (Å²) in [6.07, 6.45) is 0.203. The first-order valence-corrected chi connectivity index (χ1v) is 6.67. The highest BCUT2D eigenvalue weighted by Gasteiger charge is 2.17. The fourth-order valence-corrected chi connectivity index (χ4v) is 1.71. The van der Waals surface area contributed by atoms with Gasteiger partial charge in [0.2, 0.25) is 5.91 Å². The second-order valence-corrected chi connectivity index (χ2v) is 4.79. The third-order valence-electron chi connectivity index (χ3n) is 3.04. The highest BCUT2D eigenvalue weighted by molar-refractivity contribution is 5.77. The summed E-state index contributed by atoms with van der Waals surface area (Å²) in [6, 6.07) is 7.08. The number of amides is 1. The van der Waals surface area contributed by atoms with E-state index >= 15 is 0 Å². The van der Waals surface area contributed by atoms with E-state index in [2.05, 4.69) is 0 Å². The molecule has 0 aliphatic heterocycles. The van der Waals surface area contributed by atoms with Crippen LogP contribution in [-0.2, 0) is 9.59 Å². The minimum atomic E-state index is -0.913. The number of benzene rings is 1. The van der Waals surface area contributed by atoms with Crippen LogP contribution in [0.3, 0.4) is 0 Å². The van der Waals surface area contributed by atoms with Gasteiger partial charge in [0.25, 0.3) is 0 Å². The predicted molar refractivity (Wildman–Crippen MR) is 77.5 cm³/mol. The van der Waals surface area contributed by atoms with Gasteiger partial charge in [-0.05, 0) is 24.3 Å². The van der Waals surface area contributed by atoms with Crippen molar-refractivity contribution in [2.45, 2.75) is 13.3 Å². The van der Waals surface area contributed by atoms with Gasteiger partial charge >= 0.3 is 5.97 Å². The zero-order chi connectivity index (χ0) is 15.8. The van der Waals surface area contributed by atoms with Gasteiger partial charge in [-0.2, -0.15) is 0 Å². The second kappa shape index (κ2) is 8.14. The van der Waals surface area contributed by atoms with E-state index < -0.39 is 11.9 Å². The zero-order valence-corrected chi connectivity index (χ0v) is 12.5. The lowest BCUT2D eigenvalue weighted by atomic mass is 10.2. The minimum Gasteiger partial charge on any atom is -0.497 e. The molecule has 0 fully saturated rings. The van der Waals surface area contributed by atoms with Gasteiger partial charge in [-0.3, -0.25) is 9.59 Å². The van der Waals surface area contributed by atoms with Crippen molar-refractivity contribution in [3.63, 3.8) is 0 Å². The summed E-state index contributed by atoms with van der Waals surface area (Å²) in [5, 5.41) is 8.81. The van der Waals surface area contributed by atoms with Crippen LogP contribution in [0.2, 0.25) is 0 Å². The highest BCUT2D eigenvalue weighted by Crippen LogP contribution is 2.17. The number of carboxylic acids is 1. The molecule has 116 valence electrons. The van der Waals surface area contributed by atoms with Gasteiger partial charge in [0, 0.05) is 13.6 Å². The summed E-state index contributed by atoms with van der Waals surface area (Å²) in [5.74, 6) is -0.242. The Morgan fingerprint density at radius 3 is 2.33 bits per heavy atom. The molecule has 0 bridgehead atoms. The lowest BCUT2D eigenvalue weighted by molar-refractivity contribution is -0.142. The van der Waals surface area contributed by atoms with Crippen LogP contribution in [0.15, 0.2) is 24.3 Å². The predicted octanol–water partition coefficient (Wildman–Crippen LogP) is 1.64. The number of carbonyl (C=O) groups excluding carboxylic acids is 1. The smallest absolute Gasteiger partial charge is 0.308 e. The number of methoxy groups -OCH3 is 1. The van der Waals surface area contributed by atoms with Crippen molar-refractivity contribution < 1.29 is 24.2 Å². The molecule has 1 amide bonds. The van der Waals surface area contributed by atoms with Crippen molar-refractivity contribution in [2.75, 3.05) is 27.3 Å². The first kappa shape index (κ1) is 16.8. The molecule has 1 atom stereocenters. The molecule has 1 N–H and O–H groups in total. The molecule has 0 aromatic heterocycles. The highest BCUT2D eigenvalue weighted by atomic mass is 16.5. The largest absolute Gasteiger partial charge is 0.497 e. The second-order valence-electron chi connectivity index (χ2n) is 4.79. The van der Waals surface area contributed by atoms with Gasteiger partial charge in [0.05, 0.1) is 26.1 Å². The molecule has 1 rings (SSSR count). The Labute approximate surface area is 124 Å². The quantitative estimate of drug-likeness (QED) is 0.789. The van der Waals surface area contributed by atoms with Gasteiger partial charge in [-0.25, -0.2) is 0 Å². The van der Waals surface area contributed by atoms with Gasteiger partial charge in [0.15, 0.2) is 0 Å². The Hall–Kier alpha value is -2.24. The molecule has 1 unspecified atom stereocenters. The standard InChI is InChI=1S/C15H21NO5/c1-11(15(18)19)10-16(2)14(17)8-9-21-13-6-4-12(20-3)5-7-13/h4-7,11H,8-10H2,1-3H3,(H,18,19). The average molecular weight is 295 g/mol. The summed E-state index contributed by atoms with van der Waals surface area (Å²) in [7, 11) is 3.18. The van der Waals surface area contributed by atoms with E-state index in [4.69, 9.17) is 14.6 Å². The van der Waals surface area contributed by atoms with E-state index in [-0.39, 0.29) is 25.5 Å². The zero-order valence-electron chi connectivity index (χ0n) is 12.5. The van der Waals surface area contributed by atoms with E-state index in [1.54, 1.807) is 45.3 Å². The van der Waals surface area contributed by atoms with Crippen LogP contribution >= 0.6 is 0 Å². The maximum Gasteiger partial charge on any atom is 0.308 e. The molecule has 0 saturated heterocycles. The lowest BCUT2D eigenvalue weighted by Crippen LogP contribution is -2.34. The number of hydrogen-bond acceptors (Lipinski definition) is 4. The summed E-state index contributed by atoms with van der Waals surface area (Å²) in [4.78, 5) is 24.0. The monoisotopic (exact) mass is 295 g/mol. The minimum absolute atomic E-state index is 0.142. The normalized spacial score (nSPS) is 11.6. The summed E-state index contributed by atoms with van der Waals surface area (Å²) in [5.41, 5.74) is 0. The molecule has 1 aromatic carbocycles. The van der Waals surface area contributed by atoms with Crippen LogP contribution in [0.1, 0.15) is 13.3 Å². The van der Waals surface area contributed by atoms with Crippen molar-refractivity contribution in [2.24, 2.45) is 5.92 Å². The van der Waals surface area contributed by atoms with E-state index in [0.29, 0.717) is 5.75 Å². The molecule has 21 heavy (non-hydrogen) atoms. The van der Waals surface area contributed by atoms with Crippen LogP contribution in [0.4, 0.5) is 0 Å². The maximum atomic E-state index is 11.8. The first-order chi connectivity index (χ1) is 9.93. The molecule has 0 aliphatic rings. The van der Waals surface area contributed by atoms with Crippen LogP contribution in [0.5, 0.6) is 11.5 Å². The van der Waals surface area contributed by atoms with Gasteiger partial charge in [-0.1, -0.05) is 6.92 Å². The van der Waals surface area contributed by atoms with Crippen LogP contribution < -0.4 is 9.47 Å². The van der Waals surface area contributed by atoms with Gasteiger partial charge in [-0.15, -0.1) is 0 Å². The van der Waals surface area contributed by atoms with Gasteiger partial charge < -0.3 is 19.5 Å². The van der Waals surface area contributed by atoms with E-state index in [1.165, 1.54) is 4.90 Å². The summed E-state index contributed by atoms with van der Waals surface area (Å²) in [6.45, 7) is 2.01. The SMILES string of the molecule is COc1ccc(OCCC(=O)N(C)CC(C)C(=O)O)cc1. The van der Waals surface area contributed by atoms with Crippen LogP contribution in [0.25, 0.3) is 0 Å². The number of carbonyl (C=O) groups is 2. The molecular weight excluding hydrogens is 274 g/mol. The Morgan fingerprint density at radius 2 is 1.81 bits per heavy atom. The van der Waals surface area contributed by atoms with E-state index in [0.717, 1.165) is 5.75 Å². The molecule has 1 aromatic rings. The number of nitrogens with zero attached hydrogens (tertiary/aromatic N) is 1. The average Bonchev–Trinajstić information content (AvgIpc) is 2.47. The Bertz CT molecular complexity index is 471. The molecule has 0 aliphatic carbocycles. The van der Waals surface area contributed by atoms with E-state index in [1.807, 2.05) is 0 Å². The third-order valence-corrected chi connectivity index (χ3v) is 3.04. The van der Waals surface area contributed by atoms with Crippen molar-refractivity contribution in [1.29, 1.82) is 0 Å². The Morgan fingerprint density at radius 1 is 1.24 bits per heavy atom. The molecule has 0 radical (unpaired) electrons. The summed E-state index contributed by atoms with van der Waals surface area (Å²) >= 11 is 0. The van der Waals surface area contributed by atoms with Crippen molar-refractivity contribution in [1.82, 2.24) is 4.90 Å². The number of aliphatic carboxylic acids is 1. The van der Waals surface area contributed by atoms with Crippen molar-refractivity contribution >= 4 is 11.9 Å². The molecular formula is C15H21NO5. The number of ether oxygens (including phenoxy) is 2. The first-order valence-electron chi connectivity index (χ1n) is 6.67. The molecule has 0 spiro atoms. The molecule has 6 nitrogen and oxygen atoms in total. The van der Waals surface area contributed by atoms with Crippen LogP contribution in [-0.4, -0.2) is 49.2 Å². The topological polar surface area (TPSA) is 76.1 Å². The Balaban J connectivity index is 2.33. The van der Waals surface area contributed by atoms with Crippen molar-refractivity contribution in [3.05, 3.63) is 24.3 Å². The van der Waals surface area contributed by atoms with Gasteiger partial charge in [0.1, 0.15) is 11.5 Å². The molecule has 0 saturated carbocycles. The van der Waals surface area contributed by atoms with E-state index in [9.17, 15) is 9.59 Å². The molecule has 0 heterocycles. The number of hydrogen-bond donors (Lipinski definition) is 1. The molecule has 6 heteroatoms. The third kappa shape index (κ3) is 5.72. The summed E-state index contributed by atoms with van der Waals surface area (Å²) < 4.78 is 10.5. The number of rotatable bonds is 8. The lowest BCUT2D eigenvalue weighted by Gasteiger charge is -2.19. The van der Waals surface area contributed by atoms with Crippen LogP contribution in [0, 0.1) is 5.92 Å². The fourth-order valence-electron chi connectivity index (χ4n) is 1.71. The number of carboxylic acid groups (broad SMARTS) is 1. The fraction of sp³-hybridized carbons (Fsp3) is 0.467. The van der Waals surface area contributed by atoms with Crippen molar-refractivity contribution in [3.8, 4) is 11.5 Å². The Kier molecular flexibility index (Phi) is 6.52.